The van der Waals surface area contributed by atoms with Gasteiger partial charge in [-0.15, -0.1) is 0 Å². The Morgan fingerprint density at radius 3 is 2.37 bits per heavy atom. The fraction of sp³-hybridized carbons (Fsp3) is 0.241. The fourth-order valence-electron chi connectivity index (χ4n) is 4.16. The average molecular weight is 471 g/mol. The first-order chi connectivity index (χ1) is 16.9. The molecule has 1 aromatic heterocycles. The minimum Gasteiger partial charge on any atom is -0.353 e. The van der Waals surface area contributed by atoms with Crippen molar-refractivity contribution in [3.8, 4) is 0 Å². The van der Waals surface area contributed by atoms with E-state index < -0.39 is 0 Å². The van der Waals surface area contributed by atoms with Crippen molar-refractivity contribution in [2.24, 2.45) is 0 Å². The number of aryl methyl sites for hydroxylation is 1. The molecule has 1 saturated heterocycles. The number of benzene rings is 2. The van der Waals surface area contributed by atoms with Gasteiger partial charge in [0.15, 0.2) is 0 Å². The molecule has 2 aromatic carbocycles. The van der Waals surface area contributed by atoms with Gasteiger partial charge in [0.25, 0.3) is 0 Å². The predicted molar refractivity (Wildman–Crippen MR) is 140 cm³/mol. The maximum Gasteiger partial charge on any atom is 0.242 e. The maximum atomic E-state index is 13.4. The molecule has 0 bridgehead atoms. The molecule has 0 N–H and O–H groups in total. The van der Waals surface area contributed by atoms with E-state index in [1.54, 1.807) is 12.1 Å². The molecule has 0 atom stereocenters. The number of anilines is 1. The summed E-state index contributed by atoms with van der Waals surface area (Å²) in [6.45, 7) is 11.2. The summed E-state index contributed by atoms with van der Waals surface area (Å²) in [5, 5.41) is 0. The molecule has 180 valence electrons. The van der Waals surface area contributed by atoms with Gasteiger partial charge in [-0.1, -0.05) is 49.0 Å². The molecular weight excluding hydrogens is 439 g/mol. The van der Waals surface area contributed by atoms with Crippen LogP contribution < -0.4 is 4.90 Å². The van der Waals surface area contributed by atoms with Crippen LogP contribution in [-0.2, 0) is 4.79 Å². The van der Waals surface area contributed by atoms with Gasteiger partial charge in [0.2, 0.25) is 5.91 Å². The first kappa shape index (κ1) is 24.2. The number of aromatic nitrogens is 1. The molecule has 5 nitrogen and oxygen atoms in total. The van der Waals surface area contributed by atoms with Gasteiger partial charge in [0.1, 0.15) is 18.2 Å². The van der Waals surface area contributed by atoms with Gasteiger partial charge in [0.05, 0.1) is 0 Å². The summed E-state index contributed by atoms with van der Waals surface area (Å²) in [5.74, 6) is 0.721. The van der Waals surface area contributed by atoms with Crippen molar-refractivity contribution in [1.82, 2.24) is 14.8 Å². The second-order valence-electron chi connectivity index (χ2n) is 8.82. The van der Waals surface area contributed by atoms with E-state index in [0.717, 1.165) is 41.3 Å². The topological polar surface area (TPSA) is 39.7 Å². The quantitative estimate of drug-likeness (QED) is 0.475. The van der Waals surface area contributed by atoms with Crippen LogP contribution in [0.25, 0.3) is 11.3 Å². The van der Waals surface area contributed by atoms with Crippen LogP contribution in [-0.4, -0.2) is 53.4 Å². The highest BCUT2D eigenvalue weighted by molar-refractivity contribution is 5.81. The molecule has 4 rings (SSSR count). The average Bonchev–Trinajstić information content (AvgIpc) is 2.88. The lowest BCUT2D eigenvalue weighted by Crippen LogP contribution is -2.51. The van der Waals surface area contributed by atoms with Crippen molar-refractivity contribution in [2.45, 2.75) is 13.8 Å². The zero-order valence-corrected chi connectivity index (χ0v) is 20.3. The van der Waals surface area contributed by atoms with Crippen LogP contribution in [0.1, 0.15) is 23.6 Å². The van der Waals surface area contributed by atoms with Gasteiger partial charge >= 0.3 is 0 Å². The lowest BCUT2D eigenvalue weighted by molar-refractivity contribution is -0.131. The number of amides is 1. The summed E-state index contributed by atoms with van der Waals surface area (Å²) in [4.78, 5) is 23.8. The van der Waals surface area contributed by atoms with E-state index in [1.165, 1.54) is 17.7 Å². The fourth-order valence-corrected chi connectivity index (χ4v) is 4.16. The molecule has 1 aliphatic heterocycles. The first-order valence-electron chi connectivity index (χ1n) is 11.8. The third-order valence-corrected chi connectivity index (χ3v) is 6.27. The maximum absolute atomic E-state index is 13.4. The Hall–Kier alpha value is -3.93. The Balaban J connectivity index is 1.48. The van der Waals surface area contributed by atoms with Crippen LogP contribution in [0.3, 0.4) is 0 Å². The van der Waals surface area contributed by atoms with Gasteiger partial charge in [0, 0.05) is 44.3 Å². The van der Waals surface area contributed by atoms with Crippen LogP contribution in [0.5, 0.6) is 0 Å². The highest BCUT2D eigenvalue weighted by Crippen LogP contribution is 2.23. The van der Waals surface area contributed by atoms with Crippen LogP contribution in [0.2, 0.25) is 0 Å². The molecule has 1 amide bonds. The van der Waals surface area contributed by atoms with E-state index in [4.69, 9.17) is 0 Å². The van der Waals surface area contributed by atoms with Crippen molar-refractivity contribution >= 4 is 23.0 Å². The summed E-state index contributed by atoms with van der Waals surface area (Å²) in [6.07, 6.45) is 3.75. The Labute approximate surface area is 206 Å². The van der Waals surface area contributed by atoms with Crippen LogP contribution in [0.4, 0.5) is 10.2 Å². The zero-order chi connectivity index (χ0) is 24.8. The van der Waals surface area contributed by atoms with Gasteiger partial charge in [-0.25, -0.2) is 9.37 Å². The summed E-state index contributed by atoms with van der Waals surface area (Å²) >= 11 is 0. The molecule has 1 fully saturated rings. The van der Waals surface area contributed by atoms with Crippen LogP contribution in [0.15, 0.2) is 85.7 Å². The number of hydrogen-bond donors (Lipinski definition) is 0. The number of piperazine rings is 1. The van der Waals surface area contributed by atoms with Crippen molar-refractivity contribution in [1.29, 1.82) is 0 Å². The predicted octanol–water partition coefficient (Wildman–Crippen LogP) is 5.21. The Morgan fingerprint density at radius 2 is 1.71 bits per heavy atom. The smallest absolute Gasteiger partial charge is 0.242 e. The molecule has 0 saturated carbocycles. The molecule has 0 radical (unpaired) electrons. The largest absolute Gasteiger partial charge is 0.353 e. The number of pyridine rings is 1. The Morgan fingerprint density at radius 1 is 1.03 bits per heavy atom. The molecule has 35 heavy (non-hydrogen) atoms. The molecule has 3 aromatic rings. The third-order valence-electron chi connectivity index (χ3n) is 6.27. The zero-order valence-electron chi connectivity index (χ0n) is 20.3. The highest BCUT2D eigenvalue weighted by Gasteiger charge is 2.24. The second-order valence-corrected chi connectivity index (χ2v) is 8.82. The van der Waals surface area contributed by atoms with Crippen LogP contribution >= 0.6 is 0 Å². The number of hydrogen-bond acceptors (Lipinski definition) is 4. The van der Waals surface area contributed by atoms with E-state index in [9.17, 15) is 9.18 Å². The van der Waals surface area contributed by atoms with E-state index in [-0.39, 0.29) is 18.3 Å². The van der Waals surface area contributed by atoms with Gasteiger partial charge in [-0.05, 0) is 60.4 Å². The lowest BCUT2D eigenvalue weighted by Gasteiger charge is -2.36. The number of halogens is 1. The molecule has 0 unspecified atom stereocenters. The van der Waals surface area contributed by atoms with Crippen molar-refractivity contribution < 1.29 is 9.18 Å². The Kier molecular flexibility index (Phi) is 7.60. The normalized spacial score (nSPS) is 14.1. The Bertz CT molecular complexity index is 1200. The van der Waals surface area contributed by atoms with E-state index >= 15 is 0 Å². The minimum atomic E-state index is -0.276. The standard InChI is InChI=1S/C29H31FN4O/c1-22-13-14-31-28(19-22)32-15-17-33(18-16-32)29(35)21-34(24(3)26-7-5-4-6-8-26)20-23(2)25-9-11-27(30)12-10-25/h4-14,19-20H,3,15-18,21H2,1-2H3/b23-20+. The van der Waals surface area contributed by atoms with Crippen molar-refractivity contribution in [3.63, 3.8) is 0 Å². The van der Waals surface area contributed by atoms with Crippen LogP contribution in [0, 0.1) is 12.7 Å². The number of allylic oxidation sites excluding steroid dienone is 1. The van der Waals surface area contributed by atoms with E-state index in [0.29, 0.717) is 13.1 Å². The third kappa shape index (κ3) is 6.15. The molecular formula is C29H31FN4O. The lowest BCUT2D eigenvalue weighted by atomic mass is 10.1. The number of rotatable bonds is 7. The molecule has 1 aliphatic rings. The van der Waals surface area contributed by atoms with Gasteiger partial charge in [-0.2, -0.15) is 0 Å². The SMILES string of the molecule is C=C(c1ccccc1)N(/C=C(\C)c1ccc(F)cc1)CC(=O)N1CCN(c2cc(C)ccn2)CC1. The van der Waals surface area contributed by atoms with Gasteiger partial charge < -0.3 is 14.7 Å². The summed E-state index contributed by atoms with van der Waals surface area (Å²) in [7, 11) is 0. The van der Waals surface area contributed by atoms with E-state index in [1.807, 2.05) is 65.5 Å². The summed E-state index contributed by atoms with van der Waals surface area (Å²) in [6, 6.07) is 20.2. The number of carbonyl (C=O) groups is 1. The monoisotopic (exact) mass is 470 g/mol. The molecule has 0 spiro atoms. The molecule has 6 heteroatoms. The van der Waals surface area contributed by atoms with Crippen molar-refractivity contribution in [2.75, 3.05) is 37.6 Å². The molecule has 2 heterocycles. The van der Waals surface area contributed by atoms with Crippen molar-refractivity contribution in [3.05, 3.63) is 108 Å². The minimum absolute atomic E-state index is 0.0436. The highest BCUT2D eigenvalue weighted by atomic mass is 19.1. The van der Waals surface area contributed by atoms with E-state index in [2.05, 4.69) is 29.5 Å². The number of carbonyl (C=O) groups excluding carboxylic acids is 1. The summed E-state index contributed by atoms with van der Waals surface area (Å²) < 4.78 is 13.4. The summed E-state index contributed by atoms with van der Waals surface area (Å²) in [5.41, 5.74) is 4.67. The number of nitrogens with zero attached hydrogens (tertiary/aromatic N) is 4. The van der Waals surface area contributed by atoms with Gasteiger partial charge in [-0.3, -0.25) is 4.79 Å². The first-order valence-corrected chi connectivity index (χ1v) is 11.8. The second kappa shape index (κ2) is 11.0. The molecule has 0 aliphatic carbocycles.